The Bertz CT molecular complexity index is 967. The summed E-state index contributed by atoms with van der Waals surface area (Å²) in [6, 6.07) is 6.76. The Labute approximate surface area is 164 Å². The van der Waals surface area contributed by atoms with Gasteiger partial charge in [0.2, 0.25) is 0 Å². The summed E-state index contributed by atoms with van der Waals surface area (Å²) in [5.74, 6) is -0.469. The van der Waals surface area contributed by atoms with Crippen LogP contribution in [-0.4, -0.2) is 49.3 Å². The lowest BCUT2D eigenvalue weighted by atomic mass is 10.3. The number of hydrogen-bond donors (Lipinski definition) is 0. The van der Waals surface area contributed by atoms with Gasteiger partial charge in [0.15, 0.2) is 16.9 Å². The van der Waals surface area contributed by atoms with Gasteiger partial charge >= 0.3 is 0 Å². The number of aliphatic imine (C=N–C) groups is 1. The molecular weight excluding hydrogens is 388 g/mol. The number of halogens is 2. The molecule has 0 N–H and O–H groups in total. The van der Waals surface area contributed by atoms with Gasteiger partial charge in [0.25, 0.3) is 5.91 Å². The fourth-order valence-corrected chi connectivity index (χ4v) is 3.79. The summed E-state index contributed by atoms with van der Waals surface area (Å²) in [6.07, 6.45) is 1.64. The summed E-state index contributed by atoms with van der Waals surface area (Å²) in [7, 11) is 1.55. The Morgan fingerprint density at radius 2 is 1.96 bits per heavy atom. The van der Waals surface area contributed by atoms with Crippen molar-refractivity contribution in [1.82, 2.24) is 4.90 Å². The average Bonchev–Trinajstić information content (AvgIpc) is 3.26. The van der Waals surface area contributed by atoms with Gasteiger partial charge < -0.3 is 14.1 Å². The summed E-state index contributed by atoms with van der Waals surface area (Å²) in [4.78, 5) is 20.4. The van der Waals surface area contributed by atoms with E-state index >= 15 is 0 Å². The Hall–Kier alpha value is -2.65. The van der Waals surface area contributed by atoms with Crippen molar-refractivity contribution in [3.8, 4) is 0 Å². The number of amidine groups is 1. The van der Waals surface area contributed by atoms with Crippen LogP contribution in [-0.2, 0) is 9.53 Å². The van der Waals surface area contributed by atoms with E-state index < -0.39 is 11.6 Å². The van der Waals surface area contributed by atoms with Gasteiger partial charge in [0, 0.05) is 38.3 Å². The van der Waals surface area contributed by atoms with E-state index in [-0.39, 0.29) is 11.6 Å². The SMILES string of the molecule is CN1C(=O)/C(=C\c2ccc(N3CCOCC3)o2)SC1=Nc1ccc(F)cc1F. The van der Waals surface area contributed by atoms with Crippen molar-refractivity contribution in [1.29, 1.82) is 0 Å². The van der Waals surface area contributed by atoms with Crippen molar-refractivity contribution in [3.63, 3.8) is 0 Å². The number of amides is 1. The molecule has 1 aromatic carbocycles. The summed E-state index contributed by atoms with van der Waals surface area (Å²) < 4.78 is 38.1. The first-order valence-corrected chi connectivity index (χ1v) is 9.47. The minimum absolute atomic E-state index is 0.0302. The fourth-order valence-electron chi connectivity index (χ4n) is 2.83. The van der Waals surface area contributed by atoms with E-state index in [0.717, 1.165) is 42.9 Å². The highest BCUT2D eigenvalue weighted by Crippen LogP contribution is 2.34. The maximum absolute atomic E-state index is 13.8. The van der Waals surface area contributed by atoms with Crippen LogP contribution in [0.1, 0.15) is 5.76 Å². The average molecular weight is 405 g/mol. The van der Waals surface area contributed by atoms with E-state index in [1.165, 1.54) is 11.0 Å². The third-order valence-corrected chi connectivity index (χ3v) is 5.40. The monoisotopic (exact) mass is 405 g/mol. The minimum Gasteiger partial charge on any atom is -0.441 e. The maximum Gasteiger partial charge on any atom is 0.266 e. The molecule has 0 radical (unpaired) electrons. The van der Waals surface area contributed by atoms with Gasteiger partial charge in [0.05, 0.1) is 18.1 Å². The van der Waals surface area contributed by atoms with E-state index in [4.69, 9.17) is 9.15 Å². The van der Waals surface area contributed by atoms with Crippen LogP contribution < -0.4 is 4.90 Å². The van der Waals surface area contributed by atoms with E-state index in [2.05, 4.69) is 9.89 Å². The number of nitrogens with zero attached hydrogens (tertiary/aromatic N) is 3. The molecule has 1 aromatic heterocycles. The molecule has 146 valence electrons. The van der Waals surface area contributed by atoms with Gasteiger partial charge in [-0.3, -0.25) is 9.69 Å². The number of benzene rings is 1. The molecule has 0 unspecified atom stereocenters. The number of carbonyl (C=O) groups excluding carboxylic acids is 1. The number of furan rings is 1. The Kier molecular flexibility index (Phi) is 5.19. The van der Waals surface area contributed by atoms with Crippen LogP contribution in [0.5, 0.6) is 0 Å². The van der Waals surface area contributed by atoms with Crippen LogP contribution in [0.3, 0.4) is 0 Å². The molecule has 9 heteroatoms. The molecule has 1 amide bonds. The topological polar surface area (TPSA) is 58.3 Å². The number of ether oxygens (including phenoxy) is 1. The molecule has 0 atom stereocenters. The zero-order valence-electron chi connectivity index (χ0n) is 15.0. The molecule has 0 spiro atoms. The zero-order chi connectivity index (χ0) is 19.7. The van der Waals surface area contributed by atoms with E-state index in [0.29, 0.717) is 29.0 Å². The molecule has 2 fully saturated rings. The van der Waals surface area contributed by atoms with Gasteiger partial charge in [-0.15, -0.1) is 0 Å². The molecule has 2 aliphatic rings. The third kappa shape index (κ3) is 3.81. The fraction of sp³-hybridized carbons (Fsp3) is 0.263. The molecule has 6 nitrogen and oxygen atoms in total. The van der Waals surface area contributed by atoms with E-state index in [1.54, 1.807) is 19.2 Å². The Balaban J connectivity index is 1.55. The van der Waals surface area contributed by atoms with Gasteiger partial charge in [0.1, 0.15) is 17.3 Å². The second kappa shape index (κ2) is 7.76. The number of rotatable bonds is 3. The van der Waals surface area contributed by atoms with Gasteiger partial charge in [-0.25, -0.2) is 13.8 Å². The first kappa shape index (κ1) is 18.7. The quantitative estimate of drug-likeness (QED) is 0.730. The highest BCUT2D eigenvalue weighted by molar-refractivity contribution is 8.18. The molecule has 0 aliphatic carbocycles. The van der Waals surface area contributed by atoms with Gasteiger partial charge in [-0.2, -0.15) is 0 Å². The summed E-state index contributed by atoms with van der Waals surface area (Å²) >= 11 is 1.11. The molecule has 2 saturated heterocycles. The van der Waals surface area contributed by atoms with Crippen molar-refractivity contribution in [2.45, 2.75) is 0 Å². The zero-order valence-corrected chi connectivity index (χ0v) is 15.8. The number of morpholine rings is 1. The summed E-state index contributed by atoms with van der Waals surface area (Å²) in [6.45, 7) is 2.80. The Morgan fingerprint density at radius 1 is 1.18 bits per heavy atom. The van der Waals surface area contributed by atoms with Crippen molar-refractivity contribution >= 4 is 40.5 Å². The number of carbonyl (C=O) groups is 1. The van der Waals surface area contributed by atoms with E-state index in [1.807, 2.05) is 6.07 Å². The molecule has 0 bridgehead atoms. The number of hydrogen-bond acceptors (Lipinski definition) is 6. The predicted octanol–water partition coefficient (Wildman–Crippen LogP) is 3.63. The summed E-state index contributed by atoms with van der Waals surface area (Å²) in [5, 5.41) is 0.307. The second-order valence-corrected chi connectivity index (χ2v) is 7.25. The lowest BCUT2D eigenvalue weighted by Crippen LogP contribution is -2.35. The standard InChI is InChI=1S/C19H17F2N3O3S/c1-23-18(25)16(28-19(23)22-15-4-2-12(20)10-14(15)21)11-13-3-5-17(27-13)24-6-8-26-9-7-24/h2-5,10-11H,6-9H2,1H3/b16-11+,22-19?. The first-order chi connectivity index (χ1) is 13.5. The number of thioether (sulfide) groups is 1. The largest absolute Gasteiger partial charge is 0.441 e. The molecular formula is C19H17F2N3O3S. The maximum atomic E-state index is 13.8. The third-order valence-electron chi connectivity index (χ3n) is 4.34. The van der Waals surface area contributed by atoms with Crippen molar-refractivity contribution in [2.75, 3.05) is 38.3 Å². The predicted molar refractivity (Wildman–Crippen MR) is 104 cm³/mol. The summed E-state index contributed by atoms with van der Waals surface area (Å²) in [5.41, 5.74) is -0.0302. The molecule has 28 heavy (non-hydrogen) atoms. The minimum atomic E-state index is -0.785. The smallest absolute Gasteiger partial charge is 0.266 e. The highest BCUT2D eigenvalue weighted by Gasteiger charge is 2.31. The van der Waals surface area contributed by atoms with Crippen molar-refractivity contribution < 1.29 is 22.7 Å². The normalized spacial score (nSPS) is 20.6. The van der Waals surface area contributed by atoms with Crippen LogP contribution in [0.4, 0.5) is 20.4 Å². The Morgan fingerprint density at radius 3 is 2.71 bits per heavy atom. The van der Waals surface area contributed by atoms with Crippen LogP contribution in [0, 0.1) is 11.6 Å². The van der Waals surface area contributed by atoms with Crippen LogP contribution in [0.2, 0.25) is 0 Å². The molecule has 4 rings (SSSR count). The van der Waals surface area contributed by atoms with Crippen molar-refractivity contribution in [3.05, 3.63) is 52.6 Å². The molecule has 0 saturated carbocycles. The molecule has 3 heterocycles. The lowest BCUT2D eigenvalue weighted by Gasteiger charge is -2.26. The number of anilines is 1. The molecule has 2 aliphatic heterocycles. The second-order valence-electron chi connectivity index (χ2n) is 6.24. The van der Waals surface area contributed by atoms with E-state index in [9.17, 15) is 13.6 Å². The van der Waals surface area contributed by atoms with Crippen molar-refractivity contribution in [2.24, 2.45) is 4.99 Å². The number of likely N-dealkylation sites (N-methyl/N-ethyl adjacent to an activating group) is 1. The first-order valence-electron chi connectivity index (χ1n) is 8.65. The highest BCUT2D eigenvalue weighted by atomic mass is 32.2. The van der Waals surface area contributed by atoms with Crippen LogP contribution in [0.15, 0.2) is 44.6 Å². The lowest BCUT2D eigenvalue weighted by molar-refractivity contribution is -0.121. The molecule has 2 aromatic rings. The van der Waals surface area contributed by atoms with Gasteiger partial charge in [-0.05, 0) is 30.0 Å². The van der Waals surface area contributed by atoms with Gasteiger partial charge in [-0.1, -0.05) is 0 Å². The van der Waals surface area contributed by atoms with Crippen LogP contribution in [0.25, 0.3) is 6.08 Å². The van der Waals surface area contributed by atoms with Crippen LogP contribution >= 0.6 is 11.8 Å².